The van der Waals surface area contributed by atoms with Crippen LogP contribution in [0.1, 0.15) is 39.2 Å². The summed E-state index contributed by atoms with van der Waals surface area (Å²) in [7, 11) is 0. The lowest BCUT2D eigenvalue weighted by Gasteiger charge is -2.26. The first kappa shape index (κ1) is 18.3. The molecular weight excluding hydrogens is 306 g/mol. The molecule has 118 valence electrons. The van der Waals surface area contributed by atoms with Crippen LogP contribution in [0.5, 0.6) is 0 Å². The second-order valence-electron chi connectivity index (χ2n) is 5.34. The van der Waals surface area contributed by atoms with Crippen molar-refractivity contribution in [1.82, 2.24) is 5.32 Å². The number of hydrogen-bond acceptors (Lipinski definition) is 3. The van der Waals surface area contributed by atoms with E-state index in [2.05, 4.69) is 12.2 Å². The maximum atomic E-state index is 12.0. The Morgan fingerprint density at radius 1 is 1.48 bits per heavy atom. The number of halogens is 1. The Morgan fingerprint density at radius 2 is 2.14 bits per heavy atom. The highest BCUT2D eigenvalue weighted by Crippen LogP contribution is 2.27. The zero-order chi connectivity index (χ0) is 15.9. The number of amides is 1. The number of rotatable bonds is 8. The Bertz CT molecular complexity index is 465. The lowest BCUT2D eigenvalue weighted by molar-refractivity contribution is -0.121. The summed E-state index contributed by atoms with van der Waals surface area (Å²) < 4.78 is 0. The molecule has 0 aromatic heterocycles. The molecule has 0 aliphatic rings. The Hall–Kier alpha value is -0.710. The van der Waals surface area contributed by atoms with Gasteiger partial charge >= 0.3 is 0 Å². The van der Waals surface area contributed by atoms with Gasteiger partial charge in [-0.1, -0.05) is 43.1 Å². The third kappa shape index (κ3) is 5.89. The lowest BCUT2D eigenvalue weighted by Crippen LogP contribution is -2.41. The van der Waals surface area contributed by atoms with E-state index in [1.54, 1.807) is 30.8 Å². The van der Waals surface area contributed by atoms with Gasteiger partial charge in [0.15, 0.2) is 0 Å². The van der Waals surface area contributed by atoms with Crippen molar-refractivity contribution in [3.63, 3.8) is 0 Å². The van der Waals surface area contributed by atoms with Gasteiger partial charge in [0, 0.05) is 10.6 Å². The maximum Gasteiger partial charge on any atom is 0.232 e. The van der Waals surface area contributed by atoms with Gasteiger partial charge < -0.3 is 10.4 Å². The molecule has 0 fully saturated rings. The average Bonchev–Trinajstić information content (AvgIpc) is 2.45. The van der Waals surface area contributed by atoms with E-state index in [9.17, 15) is 9.90 Å². The molecule has 0 aliphatic carbocycles. The second-order valence-corrected chi connectivity index (χ2v) is 7.19. The molecule has 1 aromatic rings. The average molecular weight is 330 g/mol. The first-order chi connectivity index (χ1) is 9.88. The molecule has 21 heavy (non-hydrogen) atoms. The van der Waals surface area contributed by atoms with E-state index in [4.69, 9.17) is 11.6 Å². The topological polar surface area (TPSA) is 49.3 Å². The second kappa shape index (κ2) is 8.66. The van der Waals surface area contributed by atoms with Crippen molar-refractivity contribution in [2.24, 2.45) is 0 Å². The van der Waals surface area contributed by atoms with Crippen LogP contribution in [-0.4, -0.2) is 28.6 Å². The zero-order valence-electron chi connectivity index (χ0n) is 12.9. The third-order valence-electron chi connectivity index (χ3n) is 3.30. The van der Waals surface area contributed by atoms with Crippen LogP contribution >= 0.6 is 23.4 Å². The Kier molecular flexibility index (Phi) is 7.57. The Balaban J connectivity index is 2.53. The van der Waals surface area contributed by atoms with Crippen molar-refractivity contribution in [3.05, 3.63) is 34.9 Å². The summed E-state index contributed by atoms with van der Waals surface area (Å²) in [6.07, 6.45) is 2.24. The first-order valence-corrected chi connectivity index (χ1v) is 8.68. The molecule has 0 saturated carbocycles. The molecule has 0 unspecified atom stereocenters. The van der Waals surface area contributed by atoms with E-state index >= 15 is 0 Å². The highest BCUT2D eigenvalue weighted by Gasteiger charge is 2.27. The summed E-state index contributed by atoms with van der Waals surface area (Å²) in [4.78, 5) is 12.0. The van der Waals surface area contributed by atoms with Gasteiger partial charge in [-0.25, -0.2) is 0 Å². The van der Waals surface area contributed by atoms with Crippen molar-refractivity contribution in [1.29, 1.82) is 0 Å². The van der Waals surface area contributed by atoms with Gasteiger partial charge in [-0.05, 0) is 32.1 Å². The molecule has 2 N–H and O–H groups in total. The molecular formula is C16H24ClNO2S. The summed E-state index contributed by atoms with van der Waals surface area (Å²) in [6.45, 7) is 5.82. The van der Waals surface area contributed by atoms with Crippen LogP contribution < -0.4 is 5.32 Å². The third-order valence-corrected chi connectivity index (χ3v) is 4.86. The van der Waals surface area contributed by atoms with Gasteiger partial charge in [0.05, 0.1) is 11.8 Å². The zero-order valence-corrected chi connectivity index (χ0v) is 14.4. The highest BCUT2D eigenvalue weighted by molar-refractivity contribution is 8.00. The molecule has 0 spiro atoms. The van der Waals surface area contributed by atoms with Gasteiger partial charge in [0.2, 0.25) is 5.91 Å². The normalized spacial score (nSPS) is 15.3. The first-order valence-electron chi connectivity index (χ1n) is 7.25. The molecule has 2 atom stereocenters. The molecule has 1 rings (SSSR count). The van der Waals surface area contributed by atoms with Crippen molar-refractivity contribution in [2.75, 3.05) is 12.3 Å². The van der Waals surface area contributed by atoms with Gasteiger partial charge in [-0.2, -0.15) is 0 Å². The number of hydrogen-bond donors (Lipinski definition) is 2. The minimum atomic E-state index is -1.18. The van der Waals surface area contributed by atoms with Crippen molar-refractivity contribution < 1.29 is 9.90 Å². The number of thioether (sulfide) groups is 1. The molecule has 1 aromatic carbocycles. The molecule has 5 heteroatoms. The van der Waals surface area contributed by atoms with Crippen LogP contribution in [-0.2, 0) is 10.4 Å². The van der Waals surface area contributed by atoms with E-state index in [1.807, 2.05) is 19.1 Å². The lowest BCUT2D eigenvalue weighted by atomic mass is 9.96. The Labute approximate surface area is 136 Å². The standard InChI is InChI=1S/C16H24ClNO2S/c1-4-5-10-21-12(2)15(19)18-11-16(3,20)13-8-6-7-9-14(13)17/h6-9,12,20H,4-5,10-11H2,1-3H3,(H,18,19)/t12-,16-/m0/s1. The predicted octanol–water partition coefficient (Wildman–Crippen LogP) is 3.59. The number of carbonyl (C=O) groups excluding carboxylic acids is 1. The maximum absolute atomic E-state index is 12.0. The summed E-state index contributed by atoms with van der Waals surface area (Å²) in [6, 6.07) is 7.14. The molecule has 0 radical (unpaired) electrons. The van der Waals surface area contributed by atoms with E-state index in [0.29, 0.717) is 10.6 Å². The number of nitrogens with one attached hydrogen (secondary N) is 1. The van der Waals surface area contributed by atoms with E-state index in [0.717, 1.165) is 18.6 Å². The van der Waals surface area contributed by atoms with Crippen LogP contribution in [0.15, 0.2) is 24.3 Å². The molecule has 0 saturated heterocycles. The quantitative estimate of drug-likeness (QED) is 0.717. The molecule has 1 amide bonds. The summed E-state index contributed by atoms with van der Waals surface area (Å²) in [5, 5.41) is 13.7. The molecule has 0 bridgehead atoms. The largest absolute Gasteiger partial charge is 0.384 e. The van der Waals surface area contributed by atoms with Crippen LogP contribution in [0.4, 0.5) is 0 Å². The summed E-state index contributed by atoms with van der Waals surface area (Å²) >= 11 is 7.73. The SMILES string of the molecule is CCCCS[C@@H](C)C(=O)NC[C@](C)(O)c1ccccc1Cl. The highest BCUT2D eigenvalue weighted by atomic mass is 35.5. The minimum Gasteiger partial charge on any atom is -0.384 e. The summed E-state index contributed by atoms with van der Waals surface area (Å²) in [5.41, 5.74) is -0.555. The van der Waals surface area contributed by atoms with Gasteiger partial charge in [-0.15, -0.1) is 11.8 Å². The van der Waals surface area contributed by atoms with E-state index < -0.39 is 5.60 Å². The Morgan fingerprint density at radius 3 is 2.76 bits per heavy atom. The number of aliphatic hydroxyl groups is 1. The number of carbonyl (C=O) groups is 1. The monoisotopic (exact) mass is 329 g/mol. The number of benzene rings is 1. The van der Waals surface area contributed by atoms with Gasteiger partial charge in [0.1, 0.15) is 5.60 Å². The molecule has 0 aliphatic heterocycles. The summed E-state index contributed by atoms with van der Waals surface area (Å²) in [5.74, 6) is 0.926. The van der Waals surface area contributed by atoms with Crippen LogP contribution in [0.3, 0.4) is 0 Å². The minimum absolute atomic E-state index is 0.0524. The van der Waals surface area contributed by atoms with Gasteiger partial charge in [0.25, 0.3) is 0 Å². The van der Waals surface area contributed by atoms with Crippen LogP contribution in [0.2, 0.25) is 5.02 Å². The van der Waals surface area contributed by atoms with Crippen molar-refractivity contribution >= 4 is 29.3 Å². The molecule has 3 nitrogen and oxygen atoms in total. The van der Waals surface area contributed by atoms with Crippen molar-refractivity contribution in [3.8, 4) is 0 Å². The molecule has 0 heterocycles. The van der Waals surface area contributed by atoms with Crippen LogP contribution in [0, 0.1) is 0 Å². The van der Waals surface area contributed by atoms with Crippen molar-refractivity contribution in [2.45, 2.75) is 44.5 Å². The van der Waals surface area contributed by atoms with E-state index in [1.165, 1.54) is 0 Å². The number of unbranched alkanes of at least 4 members (excludes halogenated alkanes) is 1. The van der Waals surface area contributed by atoms with Gasteiger partial charge in [-0.3, -0.25) is 4.79 Å². The fraction of sp³-hybridized carbons (Fsp3) is 0.562. The fourth-order valence-electron chi connectivity index (χ4n) is 1.88. The predicted molar refractivity (Wildman–Crippen MR) is 90.9 cm³/mol. The smallest absolute Gasteiger partial charge is 0.232 e. The van der Waals surface area contributed by atoms with E-state index in [-0.39, 0.29) is 17.7 Å². The van der Waals surface area contributed by atoms with Crippen LogP contribution in [0.25, 0.3) is 0 Å². The fourth-order valence-corrected chi connectivity index (χ4v) is 3.26.